The van der Waals surface area contributed by atoms with Gasteiger partial charge in [0, 0.05) is 55.1 Å². The monoisotopic (exact) mass is 964 g/mol. The number of halogens is 12. The number of unbranched alkanes of at least 4 members (excludes halogenated alkanes) is 1. The van der Waals surface area contributed by atoms with Gasteiger partial charge in [-0.25, -0.2) is 29.3 Å². The molecule has 364 valence electrons. The first-order valence-corrected chi connectivity index (χ1v) is 19.2. The summed E-state index contributed by atoms with van der Waals surface area (Å²) < 4.78 is 144. The van der Waals surface area contributed by atoms with Gasteiger partial charge in [-0.1, -0.05) is 13.3 Å². The molecule has 4 aromatic rings. The van der Waals surface area contributed by atoms with Crippen molar-refractivity contribution < 1.29 is 87.1 Å². The molecule has 1 saturated carbocycles. The number of nitrogens with zero attached hydrogens (tertiary/aromatic N) is 9. The summed E-state index contributed by atoms with van der Waals surface area (Å²) in [5.74, 6) is -9.46. The summed E-state index contributed by atoms with van der Waals surface area (Å²) in [6, 6.07) is 6.12. The zero-order chi connectivity index (χ0) is 49.8. The Labute approximate surface area is 365 Å². The van der Waals surface area contributed by atoms with Crippen LogP contribution in [0, 0.1) is 11.3 Å². The molecule has 0 atom stereocenters. The van der Waals surface area contributed by atoms with E-state index in [0.29, 0.717) is 50.6 Å². The van der Waals surface area contributed by atoms with Gasteiger partial charge in [-0.15, -0.1) is 0 Å². The number of fused-ring (bicyclic) bond motifs is 1. The van der Waals surface area contributed by atoms with E-state index in [0.717, 1.165) is 54.5 Å². The van der Waals surface area contributed by atoms with Gasteiger partial charge in [-0.2, -0.15) is 68.0 Å². The number of ether oxygens (including phenoxy) is 1. The van der Waals surface area contributed by atoms with Crippen LogP contribution >= 0.6 is 0 Å². The fourth-order valence-electron chi connectivity index (χ4n) is 6.48. The number of alkyl halides is 12. The number of carbonyl (C=O) groups is 3. The first kappa shape index (κ1) is 54.0. The molecule has 0 radical (unpaired) electrons. The van der Waals surface area contributed by atoms with E-state index in [4.69, 9.17) is 34.4 Å². The van der Waals surface area contributed by atoms with Gasteiger partial charge in [0.1, 0.15) is 23.6 Å². The summed E-state index contributed by atoms with van der Waals surface area (Å²) in [5.41, 5.74) is 2.28. The number of aromatic amines is 1. The Hall–Kier alpha value is -6.31. The highest BCUT2D eigenvalue weighted by Gasteiger charge is 2.48. The number of nitriles is 1. The molecule has 0 aromatic carbocycles. The standard InChI is InChI=1S/C31H37F3N10O.3C2HF3O2/c1-3-4-13-42(2)17-22-14-26(41-29(40-22)31(32,33)34)45-24-7-5-23(6-8-24)43-18-30(19-43,10-11-35)44-16-21(15-39-44)27-25-9-12-36-28(25)38-20-37-27;3*3-2(4,5)1(6)7/h9,12,14-16,20,23-24H,3-8,10,13,17-19H2,1-2H3,(H,36,37,38);3*(H,6,7)/t23-,24+;;;. The third kappa shape index (κ3) is 15.7. The van der Waals surface area contributed by atoms with Crippen molar-refractivity contribution in [3.63, 3.8) is 0 Å². The molecule has 0 spiro atoms. The zero-order valence-corrected chi connectivity index (χ0v) is 34.4. The fourth-order valence-corrected chi connectivity index (χ4v) is 6.48. The Bertz CT molecular complexity index is 2220. The molecule has 1 aliphatic heterocycles. The van der Waals surface area contributed by atoms with Crippen molar-refractivity contribution in [1.82, 2.24) is 44.5 Å². The normalized spacial score (nSPS) is 17.4. The van der Waals surface area contributed by atoms with Gasteiger partial charge in [0.2, 0.25) is 11.7 Å². The Morgan fingerprint density at radius 1 is 0.909 bits per heavy atom. The van der Waals surface area contributed by atoms with Gasteiger partial charge in [0.25, 0.3) is 0 Å². The SMILES string of the molecule is CCCCN(C)Cc1cc(O[C@H]2CC[C@@H](N3CC(CC#N)(n4cc(-c5ncnc6[nH]ccc56)cn4)C3)CC2)nc(C(F)(F)F)n1.O=C(O)C(F)(F)F.O=C(O)C(F)(F)F.O=C(O)C(F)(F)F. The summed E-state index contributed by atoms with van der Waals surface area (Å²) in [6.07, 6.45) is -7.66. The number of hydrogen-bond donors (Lipinski definition) is 4. The maximum atomic E-state index is 13.6. The molecule has 6 rings (SSSR count). The summed E-state index contributed by atoms with van der Waals surface area (Å²) in [6.45, 7) is 4.52. The fraction of sp³-hybridized carbons (Fsp3) is 0.541. The third-order valence-corrected chi connectivity index (χ3v) is 9.61. The molecule has 29 heteroatoms. The Morgan fingerprint density at radius 3 is 1.97 bits per heavy atom. The highest BCUT2D eigenvalue weighted by molar-refractivity contribution is 5.90. The highest BCUT2D eigenvalue weighted by Crippen LogP contribution is 2.39. The smallest absolute Gasteiger partial charge is 0.475 e. The quantitative estimate of drug-likeness (QED) is 0.110. The molecule has 66 heavy (non-hydrogen) atoms. The molecule has 0 amide bonds. The van der Waals surface area contributed by atoms with E-state index in [1.54, 1.807) is 6.20 Å². The molecule has 2 aliphatic rings. The number of nitrogens with one attached hydrogen (secondary N) is 1. The number of carboxylic acid groups (broad SMARTS) is 3. The van der Waals surface area contributed by atoms with E-state index >= 15 is 0 Å². The van der Waals surface area contributed by atoms with E-state index in [2.05, 4.69) is 47.9 Å². The molecule has 1 saturated heterocycles. The van der Waals surface area contributed by atoms with Crippen LogP contribution in [0.3, 0.4) is 0 Å². The highest BCUT2D eigenvalue weighted by atomic mass is 19.4. The number of likely N-dealkylation sites (tertiary alicyclic amines) is 1. The van der Waals surface area contributed by atoms with Gasteiger partial charge in [-0.3, -0.25) is 9.58 Å². The molecular formula is C37H40F12N10O7. The lowest BCUT2D eigenvalue weighted by molar-refractivity contribution is -0.193. The van der Waals surface area contributed by atoms with Gasteiger partial charge < -0.3 is 29.9 Å². The van der Waals surface area contributed by atoms with Crippen molar-refractivity contribution in [2.45, 2.75) is 101 Å². The lowest BCUT2D eigenvalue weighted by atomic mass is 9.82. The minimum absolute atomic E-state index is 0.0215. The van der Waals surface area contributed by atoms with Crippen LogP contribution in [0.1, 0.15) is 63.4 Å². The maximum absolute atomic E-state index is 13.6. The van der Waals surface area contributed by atoms with E-state index in [1.807, 2.05) is 35.1 Å². The van der Waals surface area contributed by atoms with Crippen molar-refractivity contribution >= 4 is 28.9 Å². The molecule has 4 aromatic heterocycles. The van der Waals surface area contributed by atoms with Crippen LogP contribution in [0.25, 0.3) is 22.3 Å². The Morgan fingerprint density at radius 2 is 1.47 bits per heavy atom. The molecule has 4 N–H and O–H groups in total. The molecule has 0 bridgehead atoms. The van der Waals surface area contributed by atoms with Gasteiger partial charge in [-0.05, 0) is 51.8 Å². The van der Waals surface area contributed by atoms with Gasteiger partial charge in [0.15, 0.2) is 0 Å². The predicted octanol–water partition coefficient (Wildman–Crippen LogP) is 7.08. The van der Waals surface area contributed by atoms with Gasteiger partial charge >= 0.3 is 42.6 Å². The lowest BCUT2D eigenvalue weighted by Crippen LogP contribution is -2.65. The topological polar surface area (TPSA) is 237 Å². The van der Waals surface area contributed by atoms with Crippen molar-refractivity contribution in [2.75, 3.05) is 26.7 Å². The molecule has 2 fully saturated rings. The second-order valence-electron chi connectivity index (χ2n) is 14.7. The van der Waals surface area contributed by atoms with Crippen LogP contribution in [0.4, 0.5) is 52.7 Å². The molecule has 17 nitrogen and oxygen atoms in total. The molecule has 0 unspecified atom stereocenters. The maximum Gasteiger partial charge on any atom is 0.490 e. The van der Waals surface area contributed by atoms with Crippen LogP contribution in [0.15, 0.2) is 37.1 Å². The summed E-state index contributed by atoms with van der Waals surface area (Å²) >= 11 is 0. The van der Waals surface area contributed by atoms with Crippen molar-refractivity contribution in [2.24, 2.45) is 0 Å². The number of aliphatic carboxylic acids is 3. The molecular weight excluding hydrogens is 924 g/mol. The average Bonchev–Trinajstić information content (AvgIpc) is 3.89. The lowest BCUT2D eigenvalue weighted by Gasteiger charge is -2.53. The van der Waals surface area contributed by atoms with E-state index in [-0.39, 0.29) is 12.0 Å². The number of carboxylic acids is 3. The van der Waals surface area contributed by atoms with Gasteiger partial charge in [0.05, 0.1) is 30.1 Å². The van der Waals surface area contributed by atoms with Crippen LogP contribution in [-0.4, -0.2) is 135 Å². The second kappa shape index (κ2) is 22.3. The van der Waals surface area contributed by atoms with E-state index < -0.39 is 54.0 Å². The summed E-state index contributed by atoms with van der Waals surface area (Å²) in [5, 5.41) is 36.6. The summed E-state index contributed by atoms with van der Waals surface area (Å²) in [4.78, 5) is 50.4. The first-order chi connectivity index (χ1) is 30.5. The molecule has 1 aliphatic carbocycles. The summed E-state index contributed by atoms with van der Waals surface area (Å²) in [7, 11) is 1.87. The van der Waals surface area contributed by atoms with Crippen LogP contribution in [-0.2, 0) is 32.6 Å². The van der Waals surface area contributed by atoms with Crippen LogP contribution in [0.5, 0.6) is 5.88 Å². The van der Waals surface area contributed by atoms with Crippen molar-refractivity contribution in [3.8, 4) is 23.2 Å². The van der Waals surface area contributed by atoms with Crippen molar-refractivity contribution in [3.05, 3.63) is 48.6 Å². The van der Waals surface area contributed by atoms with E-state index in [9.17, 15) is 57.9 Å². The first-order valence-electron chi connectivity index (χ1n) is 19.2. The number of aromatic nitrogens is 7. The van der Waals surface area contributed by atoms with Crippen LogP contribution < -0.4 is 4.74 Å². The third-order valence-electron chi connectivity index (χ3n) is 9.61. The average molecular weight is 965 g/mol. The minimum Gasteiger partial charge on any atom is -0.475 e. The van der Waals surface area contributed by atoms with Crippen LogP contribution in [0.2, 0.25) is 0 Å². The second-order valence-corrected chi connectivity index (χ2v) is 14.7. The number of H-pyrrole nitrogens is 1. The largest absolute Gasteiger partial charge is 0.490 e. The van der Waals surface area contributed by atoms with Crippen molar-refractivity contribution in [1.29, 1.82) is 5.26 Å². The zero-order valence-electron chi connectivity index (χ0n) is 34.4. The minimum atomic E-state index is -5.08. The number of hydrogen-bond acceptors (Lipinski definition) is 12. The molecule has 5 heterocycles. The Kier molecular flexibility index (Phi) is 18.2. The van der Waals surface area contributed by atoms with E-state index in [1.165, 1.54) is 12.4 Å². The Balaban J connectivity index is 0.000000457. The predicted molar refractivity (Wildman–Crippen MR) is 201 cm³/mol. The number of rotatable bonds is 11.